The first-order chi connectivity index (χ1) is 17.1. The molecule has 2 aliphatic rings. The Morgan fingerprint density at radius 1 is 1.22 bits per heavy atom. The van der Waals surface area contributed by atoms with Crippen molar-refractivity contribution in [3.05, 3.63) is 45.7 Å². The molecule has 10 heteroatoms. The lowest BCUT2D eigenvalue weighted by Crippen LogP contribution is -2.54. The van der Waals surface area contributed by atoms with Crippen LogP contribution in [0.2, 0.25) is 10.0 Å². The maximum Gasteiger partial charge on any atom is 0.190 e. The SMILES string of the molecule is C[C@H](c1ccc(Cl)cc1Cl)n1nc(C#N)c2ncc(N3CC([C@H]4CCCN(CC(C)(C)O)C4)C3)nc21. The molecule has 0 spiro atoms. The van der Waals surface area contributed by atoms with E-state index in [1.807, 2.05) is 26.8 Å². The number of likely N-dealkylation sites (tertiary alicyclic amines) is 1. The van der Waals surface area contributed by atoms with Crippen molar-refractivity contribution < 1.29 is 5.11 Å². The number of β-amino-alcohol motifs (C(OH)–C–C–N with tert-alkyl or cyclic N) is 1. The second kappa shape index (κ2) is 9.79. The second-order valence-corrected chi connectivity index (χ2v) is 11.6. The number of piperidine rings is 1. The Morgan fingerprint density at radius 3 is 2.69 bits per heavy atom. The number of anilines is 1. The number of hydrogen-bond donors (Lipinski definition) is 1. The number of rotatable bonds is 6. The van der Waals surface area contributed by atoms with Gasteiger partial charge in [-0.25, -0.2) is 14.6 Å². The minimum absolute atomic E-state index is 0.247. The molecule has 3 aromatic rings. The topological polar surface area (TPSA) is 94.1 Å². The van der Waals surface area contributed by atoms with E-state index in [4.69, 9.17) is 28.2 Å². The maximum absolute atomic E-state index is 10.2. The molecule has 0 radical (unpaired) electrons. The van der Waals surface area contributed by atoms with Crippen molar-refractivity contribution in [2.24, 2.45) is 11.8 Å². The highest BCUT2D eigenvalue weighted by Crippen LogP contribution is 2.35. The highest BCUT2D eigenvalue weighted by Gasteiger charge is 2.37. The highest BCUT2D eigenvalue weighted by molar-refractivity contribution is 6.35. The van der Waals surface area contributed by atoms with E-state index in [9.17, 15) is 10.4 Å². The van der Waals surface area contributed by atoms with Crippen molar-refractivity contribution in [1.82, 2.24) is 24.6 Å². The fourth-order valence-corrected chi connectivity index (χ4v) is 6.10. The summed E-state index contributed by atoms with van der Waals surface area (Å²) < 4.78 is 1.73. The van der Waals surface area contributed by atoms with Crippen LogP contribution in [0.15, 0.2) is 24.4 Å². The average Bonchev–Trinajstić information content (AvgIpc) is 3.15. The van der Waals surface area contributed by atoms with Gasteiger partial charge in [0.2, 0.25) is 0 Å². The molecule has 5 rings (SSSR count). The van der Waals surface area contributed by atoms with Gasteiger partial charge in [0.25, 0.3) is 0 Å². The predicted molar refractivity (Wildman–Crippen MR) is 141 cm³/mol. The molecule has 0 saturated carbocycles. The van der Waals surface area contributed by atoms with Crippen molar-refractivity contribution in [2.75, 3.05) is 37.6 Å². The molecule has 0 aliphatic carbocycles. The summed E-state index contributed by atoms with van der Waals surface area (Å²) in [5.41, 5.74) is 1.48. The number of aliphatic hydroxyl groups is 1. The van der Waals surface area contributed by atoms with Crippen LogP contribution in [0.1, 0.15) is 50.9 Å². The quantitative estimate of drug-likeness (QED) is 0.502. The third kappa shape index (κ3) is 5.03. The Morgan fingerprint density at radius 2 is 2.00 bits per heavy atom. The molecule has 1 N–H and O–H groups in total. The number of hydrogen-bond acceptors (Lipinski definition) is 7. The van der Waals surface area contributed by atoms with Gasteiger partial charge in [-0.3, -0.25) is 0 Å². The summed E-state index contributed by atoms with van der Waals surface area (Å²) in [6.45, 7) is 10.4. The molecule has 2 atom stereocenters. The molecule has 2 aliphatic heterocycles. The van der Waals surface area contributed by atoms with Gasteiger partial charge in [0.15, 0.2) is 11.3 Å². The molecule has 4 heterocycles. The van der Waals surface area contributed by atoms with Crippen molar-refractivity contribution in [3.8, 4) is 6.07 Å². The summed E-state index contributed by atoms with van der Waals surface area (Å²) in [7, 11) is 0. The first-order valence-corrected chi connectivity index (χ1v) is 13.2. The fourth-order valence-electron chi connectivity index (χ4n) is 5.53. The number of halogens is 2. The molecular weight excluding hydrogens is 497 g/mol. The third-order valence-corrected chi connectivity index (χ3v) is 7.89. The number of nitriles is 1. The molecule has 0 unspecified atom stereocenters. The molecule has 190 valence electrons. The standard InChI is InChI=1S/C26H31Cl2N7O/c1-16(20-7-6-19(27)9-21(20)28)35-25-24(22(10-29)32-35)30-11-23(31-25)34-13-18(14-34)17-5-4-8-33(12-17)15-26(2,3)36/h6-7,9,11,16-18,36H,4-5,8,12-15H2,1-3H3/t16-,17+/m1/s1. The molecule has 0 bridgehead atoms. The number of aromatic nitrogens is 4. The van der Waals surface area contributed by atoms with Crippen LogP contribution in [0.3, 0.4) is 0 Å². The van der Waals surface area contributed by atoms with Crippen LogP contribution < -0.4 is 4.90 Å². The van der Waals surface area contributed by atoms with Gasteiger partial charge in [-0.1, -0.05) is 29.3 Å². The monoisotopic (exact) mass is 527 g/mol. The van der Waals surface area contributed by atoms with Crippen LogP contribution in [0, 0.1) is 23.2 Å². The van der Waals surface area contributed by atoms with E-state index in [0.29, 0.717) is 39.6 Å². The Hall–Kier alpha value is -2.44. The summed E-state index contributed by atoms with van der Waals surface area (Å²) in [4.78, 5) is 14.1. The summed E-state index contributed by atoms with van der Waals surface area (Å²) in [5.74, 6) is 2.01. The van der Waals surface area contributed by atoms with Gasteiger partial charge in [-0.2, -0.15) is 10.4 Å². The fraction of sp³-hybridized carbons (Fsp3) is 0.538. The van der Waals surface area contributed by atoms with E-state index in [-0.39, 0.29) is 11.7 Å². The maximum atomic E-state index is 10.2. The van der Waals surface area contributed by atoms with Crippen LogP contribution in [-0.4, -0.2) is 68.1 Å². The van der Waals surface area contributed by atoms with Crippen LogP contribution in [0.5, 0.6) is 0 Å². The first kappa shape index (κ1) is 25.2. The van der Waals surface area contributed by atoms with Crippen LogP contribution in [0.4, 0.5) is 5.82 Å². The molecule has 36 heavy (non-hydrogen) atoms. The Kier molecular flexibility index (Phi) is 6.86. The molecule has 2 fully saturated rings. The zero-order valence-electron chi connectivity index (χ0n) is 20.8. The normalized spacial score (nSPS) is 20.4. The minimum atomic E-state index is -0.669. The third-order valence-electron chi connectivity index (χ3n) is 7.33. The molecule has 0 amide bonds. The van der Waals surface area contributed by atoms with Gasteiger partial charge in [0.05, 0.1) is 17.8 Å². The molecule has 2 aromatic heterocycles. The van der Waals surface area contributed by atoms with E-state index in [1.54, 1.807) is 23.0 Å². The summed E-state index contributed by atoms with van der Waals surface area (Å²) >= 11 is 12.5. The van der Waals surface area contributed by atoms with Crippen molar-refractivity contribution in [1.29, 1.82) is 5.26 Å². The number of fused-ring (bicyclic) bond motifs is 1. The number of benzene rings is 1. The lowest BCUT2D eigenvalue weighted by Gasteiger charge is -2.47. The van der Waals surface area contributed by atoms with Crippen molar-refractivity contribution >= 4 is 40.2 Å². The van der Waals surface area contributed by atoms with E-state index < -0.39 is 5.60 Å². The molecular formula is C26H31Cl2N7O. The summed E-state index contributed by atoms with van der Waals surface area (Å²) in [6, 6.07) is 7.26. The lowest BCUT2D eigenvalue weighted by atomic mass is 9.80. The smallest absolute Gasteiger partial charge is 0.190 e. The zero-order valence-corrected chi connectivity index (χ0v) is 22.3. The van der Waals surface area contributed by atoms with Crippen LogP contribution >= 0.6 is 23.2 Å². The second-order valence-electron chi connectivity index (χ2n) is 10.8. The van der Waals surface area contributed by atoms with E-state index >= 15 is 0 Å². The lowest BCUT2D eigenvalue weighted by molar-refractivity contribution is 0.0132. The van der Waals surface area contributed by atoms with Crippen molar-refractivity contribution in [3.63, 3.8) is 0 Å². The van der Waals surface area contributed by atoms with Gasteiger partial charge in [0, 0.05) is 36.2 Å². The largest absolute Gasteiger partial charge is 0.389 e. The highest BCUT2D eigenvalue weighted by atomic mass is 35.5. The van der Waals surface area contributed by atoms with Gasteiger partial charge < -0.3 is 14.9 Å². The van der Waals surface area contributed by atoms with Gasteiger partial charge >= 0.3 is 0 Å². The summed E-state index contributed by atoms with van der Waals surface area (Å²) in [5, 5.41) is 25.5. The molecule has 8 nitrogen and oxygen atoms in total. The first-order valence-electron chi connectivity index (χ1n) is 12.4. The van der Waals surface area contributed by atoms with E-state index in [2.05, 4.69) is 26.0 Å². The van der Waals surface area contributed by atoms with Crippen molar-refractivity contribution in [2.45, 2.75) is 45.3 Å². The summed E-state index contributed by atoms with van der Waals surface area (Å²) in [6.07, 6.45) is 4.14. The van der Waals surface area contributed by atoms with E-state index in [1.165, 1.54) is 12.8 Å². The minimum Gasteiger partial charge on any atom is -0.389 e. The predicted octanol–water partition coefficient (Wildman–Crippen LogP) is 4.53. The molecule has 2 saturated heterocycles. The molecule has 1 aromatic carbocycles. The van der Waals surface area contributed by atoms with Gasteiger partial charge in [-0.05, 0) is 69.7 Å². The number of nitrogens with zero attached hydrogens (tertiary/aromatic N) is 7. The van der Waals surface area contributed by atoms with Gasteiger partial charge in [0.1, 0.15) is 17.4 Å². The Bertz CT molecular complexity index is 1310. The Balaban J connectivity index is 1.35. The zero-order chi connectivity index (χ0) is 25.6. The van der Waals surface area contributed by atoms with Gasteiger partial charge in [-0.15, -0.1) is 0 Å². The van der Waals surface area contributed by atoms with E-state index in [0.717, 1.165) is 37.6 Å². The van der Waals surface area contributed by atoms with Crippen LogP contribution in [0.25, 0.3) is 11.2 Å². The average molecular weight is 528 g/mol. The van der Waals surface area contributed by atoms with Crippen LogP contribution in [-0.2, 0) is 0 Å². The Labute approximate surface area is 221 Å².